The minimum absolute atomic E-state index is 0.0304. The van der Waals surface area contributed by atoms with Crippen molar-refractivity contribution in [2.24, 2.45) is 0 Å². The molecule has 0 aliphatic heterocycles. The van der Waals surface area contributed by atoms with E-state index in [9.17, 15) is 4.79 Å². The van der Waals surface area contributed by atoms with Crippen LogP contribution in [0.4, 0.5) is 5.69 Å². The maximum absolute atomic E-state index is 11.5. The number of hydrogen-bond acceptors (Lipinski definition) is 2. The number of rotatable bonds is 7. The number of nitrogens with one attached hydrogen (secondary N) is 2. The van der Waals surface area contributed by atoms with E-state index in [0.717, 1.165) is 25.8 Å². The molecule has 0 radical (unpaired) electrons. The molecule has 1 aromatic carbocycles. The molecule has 2 N–H and O–H groups in total. The predicted molar refractivity (Wildman–Crippen MR) is 77.5 cm³/mol. The van der Waals surface area contributed by atoms with Crippen molar-refractivity contribution in [2.45, 2.75) is 26.2 Å². The van der Waals surface area contributed by atoms with Gasteiger partial charge < -0.3 is 10.6 Å². The van der Waals surface area contributed by atoms with Crippen LogP contribution in [0.5, 0.6) is 0 Å². The molecule has 1 rings (SSSR count). The Morgan fingerprint density at radius 1 is 1.28 bits per heavy atom. The van der Waals surface area contributed by atoms with Crippen LogP contribution < -0.4 is 10.6 Å². The van der Waals surface area contributed by atoms with Gasteiger partial charge in [-0.15, -0.1) is 0 Å². The van der Waals surface area contributed by atoms with E-state index in [2.05, 4.69) is 17.6 Å². The summed E-state index contributed by atoms with van der Waals surface area (Å²) in [6.07, 6.45) is 3.30. The lowest BCUT2D eigenvalue weighted by molar-refractivity contribution is -0.119. The number of carbonyl (C=O) groups is 1. The summed E-state index contributed by atoms with van der Waals surface area (Å²) in [6.45, 7) is 3.07. The molecule has 0 aliphatic rings. The van der Waals surface area contributed by atoms with Gasteiger partial charge in [0.05, 0.1) is 17.3 Å². The lowest BCUT2D eigenvalue weighted by Gasteiger charge is -2.09. The van der Waals surface area contributed by atoms with Crippen molar-refractivity contribution in [3.63, 3.8) is 0 Å². The summed E-state index contributed by atoms with van der Waals surface area (Å²) in [5.74, 6) is -0.0304. The molecule has 0 fully saturated rings. The standard InChI is InChI=1S/C13H18Cl2N2O/c1-2-3-4-7-16-13(18)9-17-12-6-5-10(14)8-11(12)15/h5-6,8,17H,2-4,7,9H2,1H3,(H,16,18). The number of carbonyl (C=O) groups excluding carboxylic acids is 1. The van der Waals surface area contributed by atoms with E-state index in [1.807, 2.05) is 0 Å². The molecule has 0 unspecified atom stereocenters. The van der Waals surface area contributed by atoms with Gasteiger partial charge in [0.2, 0.25) is 5.91 Å². The predicted octanol–water partition coefficient (Wildman–Crippen LogP) is 3.71. The minimum atomic E-state index is -0.0304. The number of halogens is 2. The van der Waals surface area contributed by atoms with Gasteiger partial charge in [-0.25, -0.2) is 0 Å². The van der Waals surface area contributed by atoms with E-state index in [-0.39, 0.29) is 12.5 Å². The van der Waals surface area contributed by atoms with E-state index < -0.39 is 0 Å². The third-order valence-electron chi connectivity index (χ3n) is 2.47. The molecule has 18 heavy (non-hydrogen) atoms. The number of amides is 1. The zero-order chi connectivity index (χ0) is 13.4. The van der Waals surface area contributed by atoms with Crippen LogP contribution in [0.3, 0.4) is 0 Å². The Kier molecular flexibility index (Phi) is 6.91. The number of hydrogen-bond donors (Lipinski definition) is 2. The van der Waals surface area contributed by atoms with Crippen LogP contribution in [0, 0.1) is 0 Å². The molecule has 1 aromatic rings. The summed E-state index contributed by atoms with van der Waals surface area (Å²) in [6, 6.07) is 5.13. The highest BCUT2D eigenvalue weighted by Crippen LogP contribution is 2.24. The zero-order valence-electron chi connectivity index (χ0n) is 10.4. The average molecular weight is 289 g/mol. The van der Waals surface area contributed by atoms with Crippen LogP contribution in [-0.2, 0) is 4.79 Å². The van der Waals surface area contributed by atoms with Crippen LogP contribution in [0.1, 0.15) is 26.2 Å². The van der Waals surface area contributed by atoms with E-state index in [1.165, 1.54) is 0 Å². The fourth-order valence-electron chi connectivity index (χ4n) is 1.47. The van der Waals surface area contributed by atoms with Crippen molar-refractivity contribution >= 4 is 34.8 Å². The van der Waals surface area contributed by atoms with Crippen molar-refractivity contribution in [1.82, 2.24) is 5.32 Å². The van der Waals surface area contributed by atoms with Crippen LogP contribution in [0.25, 0.3) is 0 Å². The quantitative estimate of drug-likeness (QED) is 0.751. The molecule has 0 aromatic heterocycles. The molecule has 0 aliphatic carbocycles. The molecule has 0 atom stereocenters. The minimum Gasteiger partial charge on any atom is -0.375 e. The molecule has 5 heteroatoms. The van der Waals surface area contributed by atoms with E-state index >= 15 is 0 Å². The maximum Gasteiger partial charge on any atom is 0.239 e. The largest absolute Gasteiger partial charge is 0.375 e. The fourth-order valence-corrected chi connectivity index (χ4v) is 1.95. The molecule has 0 saturated carbocycles. The van der Waals surface area contributed by atoms with Gasteiger partial charge >= 0.3 is 0 Å². The van der Waals surface area contributed by atoms with Gasteiger partial charge in [0.25, 0.3) is 0 Å². The lowest BCUT2D eigenvalue weighted by Crippen LogP contribution is -2.30. The summed E-state index contributed by atoms with van der Waals surface area (Å²) in [7, 11) is 0. The van der Waals surface area contributed by atoms with E-state index in [1.54, 1.807) is 18.2 Å². The van der Waals surface area contributed by atoms with Crippen LogP contribution >= 0.6 is 23.2 Å². The molecule has 0 heterocycles. The summed E-state index contributed by atoms with van der Waals surface area (Å²) in [5.41, 5.74) is 0.713. The molecule has 1 amide bonds. The first kappa shape index (κ1) is 15.1. The SMILES string of the molecule is CCCCCNC(=O)CNc1ccc(Cl)cc1Cl. The van der Waals surface area contributed by atoms with Gasteiger partial charge in [-0.1, -0.05) is 43.0 Å². The van der Waals surface area contributed by atoms with Gasteiger partial charge in [0, 0.05) is 11.6 Å². The van der Waals surface area contributed by atoms with Gasteiger partial charge in [0.1, 0.15) is 0 Å². The third-order valence-corrected chi connectivity index (χ3v) is 3.02. The molecule has 0 spiro atoms. The molecule has 0 saturated heterocycles. The Morgan fingerprint density at radius 3 is 2.72 bits per heavy atom. The summed E-state index contributed by atoms with van der Waals surface area (Å²) in [4.78, 5) is 11.5. The number of unbranched alkanes of at least 4 members (excludes halogenated alkanes) is 2. The monoisotopic (exact) mass is 288 g/mol. The van der Waals surface area contributed by atoms with Crippen molar-refractivity contribution in [3.8, 4) is 0 Å². The summed E-state index contributed by atoms with van der Waals surface area (Å²) >= 11 is 11.8. The van der Waals surface area contributed by atoms with Gasteiger partial charge in [0.15, 0.2) is 0 Å². The van der Waals surface area contributed by atoms with Crippen LogP contribution in [0.2, 0.25) is 10.0 Å². The molecular weight excluding hydrogens is 271 g/mol. The summed E-state index contributed by atoms with van der Waals surface area (Å²) in [5, 5.41) is 6.92. The van der Waals surface area contributed by atoms with E-state index in [0.29, 0.717) is 15.7 Å². The Hall–Kier alpha value is -0.930. The first-order valence-corrected chi connectivity index (χ1v) is 6.84. The Morgan fingerprint density at radius 2 is 2.06 bits per heavy atom. The lowest BCUT2D eigenvalue weighted by atomic mass is 10.2. The second kappa shape index (κ2) is 8.22. The highest BCUT2D eigenvalue weighted by molar-refractivity contribution is 6.36. The normalized spacial score (nSPS) is 10.2. The first-order chi connectivity index (χ1) is 8.63. The van der Waals surface area contributed by atoms with Crippen LogP contribution in [-0.4, -0.2) is 19.0 Å². The molecule has 3 nitrogen and oxygen atoms in total. The molecule has 100 valence electrons. The topological polar surface area (TPSA) is 41.1 Å². The Bertz CT molecular complexity index is 397. The second-order valence-corrected chi connectivity index (χ2v) is 4.88. The van der Waals surface area contributed by atoms with E-state index in [4.69, 9.17) is 23.2 Å². The molecular formula is C13H18Cl2N2O. The number of benzene rings is 1. The van der Waals surface area contributed by atoms with Gasteiger partial charge in [-0.05, 0) is 24.6 Å². The Labute approximate surface area is 118 Å². The second-order valence-electron chi connectivity index (χ2n) is 4.03. The third kappa shape index (κ3) is 5.61. The molecule has 0 bridgehead atoms. The van der Waals surface area contributed by atoms with Crippen LogP contribution in [0.15, 0.2) is 18.2 Å². The zero-order valence-corrected chi connectivity index (χ0v) is 11.9. The fraction of sp³-hybridized carbons (Fsp3) is 0.462. The Balaban J connectivity index is 2.29. The van der Waals surface area contributed by atoms with Gasteiger partial charge in [-0.3, -0.25) is 4.79 Å². The number of anilines is 1. The first-order valence-electron chi connectivity index (χ1n) is 6.09. The average Bonchev–Trinajstić information content (AvgIpc) is 2.33. The smallest absolute Gasteiger partial charge is 0.239 e. The van der Waals surface area contributed by atoms with Crippen molar-refractivity contribution < 1.29 is 4.79 Å². The highest BCUT2D eigenvalue weighted by atomic mass is 35.5. The maximum atomic E-state index is 11.5. The summed E-state index contributed by atoms with van der Waals surface area (Å²) < 4.78 is 0. The van der Waals surface area contributed by atoms with Crippen molar-refractivity contribution in [1.29, 1.82) is 0 Å². The van der Waals surface area contributed by atoms with Gasteiger partial charge in [-0.2, -0.15) is 0 Å². The van der Waals surface area contributed by atoms with Crippen molar-refractivity contribution in [3.05, 3.63) is 28.2 Å². The van der Waals surface area contributed by atoms with Crippen molar-refractivity contribution in [2.75, 3.05) is 18.4 Å². The highest BCUT2D eigenvalue weighted by Gasteiger charge is 2.03.